The normalized spacial score (nSPS) is 16.7. The molecule has 0 saturated carbocycles. The fourth-order valence-corrected chi connectivity index (χ4v) is 3.10. The van der Waals surface area contributed by atoms with Gasteiger partial charge in [-0.2, -0.15) is 0 Å². The minimum absolute atomic E-state index is 0.00402. The number of carbonyl (C=O) groups excluding carboxylic acids is 2. The van der Waals surface area contributed by atoms with Crippen molar-refractivity contribution in [2.75, 3.05) is 30.4 Å². The van der Waals surface area contributed by atoms with Crippen molar-refractivity contribution in [2.45, 2.75) is 19.9 Å². The van der Waals surface area contributed by atoms with Crippen LogP contribution in [0.2, 0.25) is 0 Å². The van der Waals surface area contributed by atoms with Crippen LogP contribution in [0.4, 0.5) is 11.4 Å². The second kappa shape index (κ2) is 7.60. The van der Waals surface area contributed by atoms with Gasteiger partial charge >= 0.3 is 0 Å². The van der Waals surface area contributed by atoms with E-state index in [0.29, 0.717) is 13.1 Å². The highest BCUT2D eigenvalue weighted by Crippen LogP contribution is 2.25. The molecule has 2 amide bonds. The van der Waals surface area contributed by atoms with Gasteiger partial charge in [-0.15, -0.1) is 0 Å². The molecule has 0 radical (unpaired) electrons. The number of amides is 2. The number of benzene rings is 2. The van der Waals surface area contributed by atoms with Crippen LogP contribution in [0.3, 0.4) is 0 Å². The Kier molecular flexibility index (Phi) is 5.26. The SMILES string of the molecule is Cc1ccc(N2CC(C(=O)NCc3ccc(N(C)C)cc3)CC2=O)cc1. The van der Waals surface area contributed by atoms with Gasteiger partial charge in [0.1, 0.15) is 0 Å². The third-order valence-corrected chi connectivity index (χ3v) is 4.76. The highest BCUT2D eigenvalue weighted by atomic mass is 16.2. The van der Waals surface area contributed by atoms with Gasteiger partial charge in [0, 0.05) is 45.0 Å². The Morgan fingerprint density at radius 1 is 1.12 bits per heavy atom. The summed E-state index contributed by atoms with van der Waals surface area (Å²) in [6, 6.07) is 15.9. The summed E-state index contributed by atoms with van der Waals surface area (Å²) >= 11 is 0. The molecule has 0 bridgehead atoms. The molecule has 3 rings (SSSR count). The van der Waals surface area contributed by atoms with Crippen LogP contribution >= 0.6 is 0 Å². The van der Waals surface area contributed by atoms with Crippen LogP contribution in [0.15, 0.2) is 48.5 Å². The Morgan fingerprint density at radius 2 is 1.77 bits per heavy atom. The molecule has 136 valence electrons. The third kappa shape index (κ3) is 4.04. The molecule has 1 aliphatic rings. The first-order chi connectivity index (χ1) is 12.4. The van der Waals surface area contributed by atoms with Crippen LogP contribution in [-0.2, 0) is 16.1 Å². The molecule has 1 unspecified atom stereocenters. The molecule has 2 aromatic carbocycles. The number of nitrogens with one attached hydrogen (secondary N) is 1. The second-order valence-electron chi connectivity index (χ2n) is 7.02. The first-order valence-electron chi connectivity index (χ1n) is 8.85. The van der Waals surface area contributed by atoms with Gasteiger partial charge in [-0.3, -0.25) is 9.59 Å². The molecule has 0 spiro atoms. The number of aryl methyl sites for hydroxylation is 1. The van der Waals surface area contributed by atoms with E-state index in [1.54, 1.807) is 4.90 Å². The summed E-state index contributed by atoms with van der Waals surface area (Å²) in [4.78, 5) is 28.5. The monoisotopic (exact) mass is 351 g/mol. The fraction of sp³-hybridized carbons (Fsp3) is 0.333. The summed E-state index contributed by atoms with van der Waals surface area (Å²) in [5, 5.41) is 2.96. The van der Waals surface area contributed by atoms with E-state index in [-0.39, 0.29) is 24.2 Å². The summed E-state index contributed by atoms with van der Waals surface area (Å²) < 4.78 is 0. The molecule has 1 aliphatic heterocycles. The standard InChI is InChI=1S/C21H25N3O2/c1-15-4-8-19(9-5-15)24-14-17(12-20(24)25)21(26)22-13-16-6-10-18(11-7-16)23(2)3/h4-11,17H,12-14H2,1-3H3,(H,22,26). The van der Waals surface area contributed by atoms with Crippen LogP contribution in [-0.4, -0.2) is 32.5 Å². The lowest BCUT2D eigenvalue weighted by Gasteiger charge is -2.17. The van der Waals surface area contributed by atoms with Crippen molar-refractivity contribution in [1.82, 2.24) is 5.32 Å². The topological polar surface area (TPSA) is 52.7 Å². The average molecular weight is 351 g/mol. The van der Waals surface area contributed by atoms with E-state index in [9.17, 15) is 9.59 Å². The molecule has 1 fully saturated rings. The Balaban J connectivity index is 1.57. The lowest BCUT2D eigenvalue weighted by molar-refractivity contribution is -0.126. The van der Waals surface area contributed by atoms with E-state index in [2.05, 4.69) is 5.32 Å². The molecule has 1 saturated heterocycles. The maximum absolute atomic E-state index is 12.5. The Bertz CT molecular complexity index is 782. The van der Waals surface area contributed by atoms with Gasteiger partial charge in [-0.25, -0.2) is 0 Å². The minimum Gasteiger partial charge on any atom is -0.378 e. The first kappa shape index (κ1) is 18.0. The van der Waals surface area contributed by atoms with Gasteiger partial charge < -0.3 is 15.1 Å². The second-order valence-corrected chi connectivity index (χ2v) is 7.02. The van der Waals surface area contributed by atoms with Crippen molar-refractivity contribution < 1.29 is 9.59 Å². The van der Waals surface area contributed by atoms with Crippen molar-refractivity contribution in [3.63, 3.8) is 0 Å². The Morgan fingerprint density at radius 3 is 2.38 bits per heavy atom. The summed E-state index contributed by atoms with van der Waals surface area (Å²) in [5.41, 5.74) is 4.17. The maximum atomic E-state index is 12.5. The number of nitrogens with zero attached hydrogens (tertiary/aromatic N) is 2. The lowest BCUT2D eigenvalue weighted by atomic mass is 10.1. The van der Waals surface area contributed by atoms with Crippen LogP contribution in [0.1, 0.15) is 17.5 Å². The number of hydrogen-bond donors (Lipinski definition) is 1. The van der Waals surface area contributed by atoms with Gasteiger partial charge in [0.2, 0.25) is 11.8 Å². The van der Waals surface area contributed by atoms with E-state index in [0.717, 1.165) is 22.5 Å². The van der Waals surface area contributed by atoms with Crippen molar-refractivity contribution >= 4 is 23.2 Å². The number of hydrogen-bond acceptors (Lipinski definition) is 3. The zero-order valence-electron chi connectivity index (χ0n) is 15.5. The highest BCUT2D eigenvalue weighted by Gasteiger charge is 2.34. The molecule has 1 heterocycles. The molecule has 0 aromatic heterocycles. The largest absolute Gasteiger partial charge is 0.378 e. The van der Waals surface area contributed by atoms with Crippen molar-refractivity contribution in [3.8, 4) is 0 Å². The molecule has 1 N–H and O–H groups in total. The van der Waals surface area contributed by atoms with Crippen LogP contribution in [0.5, 0.6) is 0 Å². The molecule has 1 atom stereocenters. The predicted octanol–water partition coefficient (Wildman–Crippen LogP) is 2.73. The zero-order chi connectivity index (χ0) is 18.7. The Labute approximate surface area is 154 Å². The highest BCUT2D eigenvalue weighted by molar-refractivity contribution is 6.00. The van der Waals surface area contributed by atoms with Crippen LogP contribution in [0, 0.1) is 12.8 Å². The quantitative estimate of drug-likeness (QED) is 0.901. The van der Waals surface area contributed by atoms with Gasteiger partial charge in [0.05, 0.1) is 5.92 Å². The van der Waals surface area contributed by atoms with E-state index in [1.165, 1.54) is 0 Å². The van der Waals surface area contributed by atoms with E-state index in [1.807, 2.05) is 74.4 Å². The summed E-state index contributed by atoms with van der Waals surface area (Å²) in [5.74, 6) is -0.362. The van der Waals surface area contributed by atoms with Crippen molar-refractivity contribution in [2.24, 2.45) is 5.92 Å². The number of rotatable bonds is 5. The molecule has 5 heteroatoms. The van der Waals surface area contributed by atoms with E-state index in [4.69, 9.17) is 0 Å². The summed E-state index contributed by atoms with van der Waals surface area (Å²) in [6.07, 6.45) is 0.263. The van der Waals surface area contributed by atoms with Gasteiger partial charge in [-0.05, 0) is 36.8 Å². The smallest absolute Gasteiger partial charge is 0.227 e. The molecule has 0 aliphatic carbocycles. The van der Waals surface area contributed by atoms with Crippen molar-refractivity contribution in [3.05, 3.63) is 59.7 Å². The first-order valence-corrected chi connectivity index (χ1v) is 8.85. The summed E-state index contributed by atoms with van der Waals surface area (Å²) in [7, 11) is 3.99. The molecular weight excluding hydrogens is 326 g/mol. The van der Waals surface area contributed by atoms with Crippen LogP contribution < -0.4 is 15.1 Å². The molecule has 2 aromatic rings. The molecular formula is C21H25N3O2. The summed E-state index contributed by atoms with van der Waals surface area (Å²) in [6.45, 7) is 2.92. The van der Waals surface area contributed by atoms with Crippen LogP contribution in [0.25, 0.3) is 0 Å². The van der Waals surface area contributed by atoms with Gasteiger partial charge in [-0.1, -0.05) is 29.8 Å². The average Bonchev–Trinajstić information content (AvgIpc) is 3.02. The number of anilines is 2. The van der Waals surface area contributed by atoms with Gasteiger partial charge in [0.15, 0.2) is 0 Å². The fourth-order valence-electron chi connectivity index (χ4n) is 3.10. The Hall–Kier alpha value is -2.82. The predicted molar refractivity (Wildman–Crippen MR) is 104 cm³/mol. The van der Waals surface area contributed by atoms with Gasteiger partial charge in [0.25, 0.3) is 0 Å². The molecule has 26 heavy (non-hydrogen) atoms. The molecule has 5 nitrogen and oxygen atoms in total. The third-order valence-electron chi connectivity index (χ3n) is 4.76. The maximum Gasteiger partial charge on any atom is 0.227 e. The van der Waals surface area contributed by atoms with E-state index >= 15 is 0 Å². The van der Waals surface area contributed by atoms with Crippen molar-refractivity contribution in [1.29, 1.82) is 0 Å². The zero-order valence-corrected chi connectivity index (χ0v) is 15.5. The lowest BCUT2D eigenvalue weighted by Crippen LogP contribution is -2.32. The van der Waals surface area contributed by atoms with E-state index < -0.39 is 0 Å². The minimum atomic E-state index is -0.301. The number of carbonyl (C=O) groups is 2.